The molecule has 195 valence electrons. The number of ether oxygens (including phenoxy) is 1. The summed E-state index contributed by atoms with van der Waals surface area (Å²) in [6.45, 7) is 22.4. The molecule has 9 atom stereocenters. The van der Waals surface area contributed by atoms with Crippen molar-refractivity contribution in [3.8, 4) is 0 Å². The van der Waals surface area contributed by atoms with Gasteiger partial charge in [0.25, 0.3) is 0 Å². The van der Waals surface area contributed by atoms with Crippen LogP contribution >= 0.6 is 0 Å². The molecular formula is C32H55O2. The number of rotatable bonds is 6. The smallest absolute Gasteiger partial charge is 0.0653 e. The van der Waals surface area contributed by atoms with Gasteiger partial charge in [0.2, 0.25) is 0 Å². The molecule has 0 amide bonds. The molecule has 4 saturated carbocycles. The van der Waals surface area contributed by atoms with Crippen LogP contribution in [0, 0.1) is 51.8 Å². The number of allylic oxidation sites excluding steroid dienone is 2. The zero-order valence-electron chi connectivity index (χ0n) is 24.0. The maximum Gasteiger partial charge on any atom is 0.0653 e. The Balaban J connectivity index is 1.60. The average Bonchev–Trinajstić information content (AvgIpc) is 3.09. The fraction of sp³-hybridized carbons (Fsp3) is 0.906. The van der Waals surface area contributed by atoms with Gasteiger partial charge in [0.15, 0.2) is 0 Å². The van der Waals surface area contributed by atoms with Gasteiger partial charge in [-0.15, -0.1) is 0 Å². The topological polar surface area (TPSA) is 29.5 Å². The first-order valence-corrected chi connectivity index (χ1v) is 14.5. The molecule has 0 heterocycles. The molecule has 0 saturated heterocycles. The molecule has 0 bridgehead atoms. The first-order chi connectivity index (χ1) is 15.7. The lowest BCUT2D eigenvalue weighted by Gasteiger charge is -2.70. The third kappa shape index (κ3) is 3.87. The van der Waals surface area contributed by atoms with Crippen molar-refractivity contribution in [1.82, 2.24) is 0 Å². The highest BCUT2D eigenvalue weighted by molar-refractivity contribution is 5.21. The first kappa shape index (κ1) is 26.7. The minimum atomic E-state index is -0.556. The van der Waals surface area contributed by atoms with E-state index in [9.17, 15) is 5.11 Å². The van der Waals surface area contributed by atoms with E-state index in [0.29, 0.717) is 40.1 Å². The van der Waals surface area contributed by atoms with Gasteiger partial charge in [-0.1, -0.05) is 46.3 Å². The summed E-state index contributed by atoms with van der Waals surface area (Å²) in [5.74, 6) is 2.49. The van der Waals surface area contributed by atoms with Crippen LogP contribution in [0.1, 0.15) is 120 Å². The molecule has 0 aromatic carbocycles. The molecule has 0 aromatic rings. The molecule has 0 spiro atoms. The van der Waals surface area contributed by atoms with Gasteiger partial charge < -0.3 is 9.84 Å². The predicted octanol–water partition coefficient (Wildman–Crippen LogP) is 8.39. The second-order valence-electron chi connectivity index (χ2n) is 14.6. The van der Waals surface area contributed by atoms with Gasteiger partial charge in [0.05, 0.1) is 11.7 Å². The molecule has 4 rings (SSSR count). The number of hydrogen-bond donors (Lipinski definition) is 1. The third-order valence-electron chi connectivity index (χ3n) is 12.3. The van der Waals surface area contributed by atoms with Crippen LogP contribution in [-0.4, -0.2) is 23.4 Å². The van der Waals surface area contributed by atoms with Gasteiger partial charge in [-0.3, -0.25) is 0 Å². The van der Waals surface area contributed by atoms with Crippen molar-refractivity contribution in [2.24, 2.45) is 45.3 Å². The summed E-state index contributed by atoms with van der Waals surface area (Å²) in [5, 5.41) is 11.7. The van der Waals surface area contributed by atoms with Crippen LogP contribution < -0.4 is 0 Å². The van der Waals surface area contributed by atoms with Crippen LogP contribution in [0.25, 0.3) is 0 Å². The van der Waals surface area contributed by atoms with E-state index in [4.69, 9.17) is 4.74 Å². The van der Waals surface area contributed by atoms with Crippen molar-refractivity contribution in [1.29, 1.82) is 0 Å². The van der Waals surface area contributed by atoms with Gasteiger partial charge >= 0.3 is 0 Å². The molecule has 4 aliphatic carbocycles. The van der Waals surface area contributed by atoms with Gasteiger partial charge in [-0.2, -0.15) is 0 Å². The summed E-state index contributed by atoms with van der Waals surface area (Å²) < 4.78 is 6.29. The van der Waals surface area contributed by atoms with Crippen molar-refractivity contribution in [2.45, 2.75) is 132 Å². The van der Waals surface area contributed by atoms with E-state index in [-0.39, 0.29) is 5.41 Å². The largest absolute Gasteiger partial charge is 0.390 e. The Hall–Kier alpha value is -0.340. The SMILES string of the molecule is CCOC1CCC2(C)C([CH]CC3(C)C2CCC2C(C(C)(O)CCC=C(C)C)CCC23C)C1(C)C. The minimum Gasteiger partial charge on any atom is -0.390 e. The molecule has 9 unspecified atom stereocenters. The lowest BCUT2D eigenvalue weighted by atomic mass is 9.35. The minimum absolute atomic E-state index is 0.203. The highest BCUT2D eigenvalue weighted by atomic mass is 16.5. The molecule has 1 N–H and O–H groups in total. The Morgan fingerprint density at radius 3 is 2.38 bits per heavy atom. The Kier molecular flexibility index (Phi) is 6.99. The molecule has 2 heteroatoms. The molecule has 0 aromatic heterocycles. The molecule has 2 nitrogen and oxygen atoms in total. The first-order valence-electron chi connectivity index (χ1n) is 14.5. The lowest BCUT2D eigenvalue weighted by Crippen LogP contribution is -2.64. The monoisotopic (exact) mass is 471 g/mol. The van der Waals surface area contributed by atoms with E-state index >= 15 is 0 Å². The summed E-state index contributed by atoms with van der Waals surface area (Å²) >= 11 is 0. The lowest BCUT2D eigenvalue weighted by molar-refractivity contribution is -0.212. The van der Waals surface area contributed by atoms with Gasteiger partial charge in [0, 0.05) is 6.61 Å². The van der Waals surface area contributed by atoms with Crippen molar-refractivity contribution in [3.63, 3.8) is 0 Å². The maximum absolute atomic E-state index is 11.7. The van der Waals surface area contributed by atoms with Crippen LogP contribution in [0.15, 0.2) is 11.6 Å². The number of hydrogen-bond acceptors (Lipinski definition) is 2. The van der Waals surface area contributed by atoms with Crippen molar-refractivity contribution in [2.75, 3.05) is 6.61 Å². The second kappa shape index (κ2) is 8.90. The fourth-order valence-electron chi connectivity index (χ4n) is 10.4. The summed E-state index contributed by atoms with van der Waals surface area (Å²) in [5.41, 5.74) is 2.03. The van der Waals surface area contributed by atoms with Crippen molar-refractivity contribution >= 4 is 0 Å². The van der Waals surface area contributed by atoms with Crippen LogP contribution in [0.5, 0.6) is 0 Å². The van der Waals surface area contributed by atoms with Crippen LogP contribution in [0.4, 0.5) is 0 Å². The summed E-state index contributed by atoms with van der Waals surface area (Å²) in [6.07, 6.45) is 16.2. The van der Waals surface area contributed by atoms with Crippen molar-refractivity contribution < 1.29 is 9.84 Å². The summed E-state index contributed by atoms with van der Waals surface area (Å²) in [7, 11) is 0. The molecule has 34 heavy (non-hydrogen) atoms. The Bertz CT molecular complexity index is 776. The fourth-order valence-corrected chi connectivity index (χ4v) is 10.4. The molecule has 4 aliphatic rings. The summed E-state index contributed by atoms with van der Waals surface area (Å²) in [4.78, 5) is 0. The van der Waals surface area contributed by atoms with E-state index in [1.165, 1.54) is 50.5 Å². The molecule has 0 aliphatic heterocycles. The molecule has 4 fully saturated rings. The Morgan fingerprint density at radius 2 is 1.74 bits per heavy atom. The van der Waals surface area contributed by atoms with Gasteiger partial charge in [0.1, 0.15) is 0 Å². The summed E-state index contributed by atoms with van der Waals surface area (Å²) in [6, 6.07) is 0. The average molecular weight is 472 g/mol. The predicted molar refractivity (Wildman–Crippen MR) is 143 cm³/mol. The third-order valence-corrected chi connectivity index (χ3v) is 12.3. The van der Waals surface area contributed by atoms with Crippen LogP contribution in [0.2, 0.25) is 0 Å². The normalized spacial score (nSPS) is 47.2. The van der Waals surface area contributed by atoms with E-state index in [1.807, 2.05) is 0 Å². The second-order valence-corrected chi connectivity index (χ2v) is 14.6. The molecule has 1 radical (unpaired) electrons. The van der Waals surface area contributed by atoms with E-state index in [2.05, 4.69) is 74.8 Å². The van der Waals surface area contributed by atoms with E-state index < -0.39 is 5.60 Å². The van der Waals surface area contributed by atoms with Crippen LogP contribution in [-0.2, 0) is 4.74 Å². The number of fused-ring (bicyclic) bond motifs is 5. The van der Waals surface area contributed by atoms with Crippen molar-refractivity contribution in [3.05, 3.63) is 18.1 Å². The van der Waals surface area contributed by atoms with E-state index in [0.717, 1.165) is 25.4 Å². The standard InChI is InChI=1S/C32H55O2/c1-10-34-27-17-19-29(6)25(28(27,4)5)16-21-31(8)26(29)14-13-23-24(15-20-30(23,31)7)32(9,33)18-11-12-22(2)3/h12,16,23-27,33H,10-11,13-15,17-21H2,1-9H3. The highest BCUT2D eigenvalue weighted by Gasteiger charge is 2.69. The number of aliphatic hydroxyl groups is 1. The Labute approximate surface area is 211 Å². The Morgan fingerprint density at radius 1 is 1.03 bits per heavy atom. The zero-order chi connectivity index (χ0) is 25.2. The van der Waals surface area contributed by atoms with Crippen LogP contribution in [0.3, 0.4) is 0 Å². The quantitative estimate of drug-likeness (QED) is 0.394. The van der Waals surface area contributed by atoms with Gasteiger partial charge in [-0.05, 0) is 137 Å². The maximum atomic E-state index is 11.7. The highest BCUT2D eigenvalue weighted by Crippen LogP contribution is 2.75. The van der Waals surface area contributed by atoms with E-state index in [1.54, 1.807) is 0 Å². The van der Waals surface area contributed by atoms with Gasteiger partial charge in [-0.25, -0.2) is 0 Å². The molecular weight excluding hydrogens is 416 g/mol. The zero-order valence-corrected chi connectivity index (χ0v) is 24.0.